The fourth-order valence-electron chi connectivity index (χ4n) is 4.68. The molecule has 0 unspecified atom stereocenters. The first kappa shape index (κ1) is 21.8. The van der Waals surface area contributed by atoms with E-state index in [2.05, 4.69) is 26.7 Å². The van der Waals surface area contributed by atoms with Gasteiger partial charge in [0.2, 0.25) is 0 Å². The molecule has 0 amide bonds. The molecule has 0 radical (unpaired) electrons. The van der Waals surface area contributed by atoms with Gasteiger partial charge >= 0.3 is 0 Å². The number of ether oxygens (including phenoxy) is 2. The molecule has 0 saturated heterocycles. The van der Waals surface area contributed by atoms with Crippen molar-refractivity contribution in [2.75, 3.05) is 6.79 Å². The number of aromatic nitrogens is 4. The molecule has 2 aromatic heterocycles. The van der Waals surface area contributed by atoms with E-state index < -0.39 is 0 Å². The molecule has 1 fully saturated rings. The maximum atomic E-state index is 11.5. The summed E-state index contributed by atoms with van der Waals surface area (Å²) in [6, 6.07) is 7.31. The van der Waals surface area contributed by atoms with Crippen molar-refractivity contribution in [2.24, 2.45) is 5.92 Å². The van der Waals surface area contributed by atoms with Gasteiger partial charge in [-0.2, -0.15) is 0 Å². The number of hydrogen-bond acceptors (Lipinski definition) is 8. The zero-order chi connectivity index (χ0) is 22.8. The molecule has 5 rings (SSSR count). The summed E-state index contributed by atoms with van der Waals surface area (Å²) >= 11 is 1.53. The van der Waals surface area contributed by atoms with Gasteiger partial charge in [0.1, 0.15) is 5.75 Å². The first-order chi connectivity index (χ1) is 16.1. The van der Waals surface area contributed by atoms with Crippen LogP contribution in [-0.4, -0.2) is 31.5 Å². The van der Waals surface area contributed by atoms with E-state index in [1.54, 1.807) is 12.3 Å². The molecule has 10 heteroatoms. The predicted molar refractivity (Wildman–Crippen MR) is 123 cm³/mol. The Kier molecular flexibility index (Phi) is 6.28. The van der Waals surface area contributed by atoms with Crippen LogP contribution in [0.5, 0.6) is 5.75 Å². The van der Waals surface area contributed by atoms with Gasteiger partial charge < -0.3 is 9.47 Å². The number of nitro groups is 1. The monoisotopic (exact) mass is 467 g/mol. The Hall–Kier alpha value is -2.98. The molecular formula is C23H25N5O4S. The van der Waals surface area contributed by atoms with Crippen LogP contribution in [0.15, 0.2) is 41.8 Å². The van der Waals surface area contributed by atoms with Crippen LogP contribution in [-0.2, 0) is 17.1 Å². The second-order valence-corrected chi connectivity index (χ2v) is 9.44. The number of rotatable bonds is 6. The summed E-state index contributed by atoms with van der Waals surface area (Å²) in [4.78, 5) is 15.3. The van der Waals surface area contributed by atoms with Gasteiger partial charge in [-0.25, -0.2) is 0 Å². The average Bonchev–Trinajstić information content (AvgIpc) is 3.27. The van der Waals surface area contributed by atoms with Crippen LogP contribution >= 0.6 is 11.8 Å². The molecule has 33 heavy (non-hydrogen) atoms. The number of non-ortho nitro benzene ring substituents is 1. The van der Waals surface area contributed by atoms with Crippen LogP contribution in [0.25, 0.3) is 11.4 Å². The second-order valence-electron chi connectivity index (χ2n) is 8.50. The number of nitro benzene ring substituents is 1. The Morgan fingerprint density at radius 1 is 1.27 bits per heavy atom. The minimum Gasteiger partial charge on any atom is -0.467 e. The molecule has 2 atom stereocenters. The molecule has 1 aromatic carbocycles. The fourth-order valence-corrected chi connectivity index (χ4v) is 5.64. The largest absolute Gasteiger partial charge is 0.467 e. The van der Waals surface area contributed by atoms with E-state index in [0.717, 1.165) is 28.5 Å². The lowest BCUT2D eigenvalue weighted by molar-refractivity contribution is -0.385. The Balaban J connectivity index is 1.50. The molecular weight excluding hydrogens is 442 g/mol. The summed E-state index contributed by atoms with van der Waals surface area (Å²) < 4.78 is 13.3. The average molecular weight is 468 g/mol. The van der Waals surface area contributed by atoms with E-state index in [1.807, 2.05) is 18.3 Å². The van der Waals surface area contributed by atoms with Crippen molar-refractivity contribution in [3.05, 3.63) is 57.9 Å². The highest BCUT2D eigenvalue weighted by atomic mass is 32.2. The molecule has 0 N–H and O–H groups in total. The topological polar surface area (TPSA) is 105 Å². The van der Waals surface area contributed by atoms with Crippen LogP contribution in [0.4, 0.5) is 5.69 Å². The second kappa shape index (κ2) is 9.48. The molecule has 9 nitrogen and oxygen atoms in total. The van der Waals surface area contributed by atoms with Gasteiger partial charge in [-0.3, -0.25) is 19.7 Å². The summed E-state index contributed by atoms with van der Waals surface area (Å²) in [5.74, 6) is 2.48. The minimum absolute atomic E-state index is 0.0388. The van der Waals surface area contributed by atoms with Crippen LogP contribution in [0.3, 0.4) is 0 Å². The van der Waals surface area contributed by atoms with Crippen molar-refractivity contribution in [1.29, 1.82) is 0 Å². The third-order valence-electron chi connectivity index (χ3n) is 6.32. The SMILES string of the molecule is C[C@@H]1CCCC[C@@H]1n1c(SCc2cc([N+](=O)[O-])cc3c2OCOC3)nnc1-c1cccnc1. The number of thioether (sulfide) groups is 1. The Morgan fingerprint density at radius 2 is 2.15 bits per heavy atom. The van der Waals surface area contributed by atoms with Gasteiger partial charge in [0, 0.05) is 53.0 Å². The number of benzene rings is 1. The summed E-state index contributed by atoms with van der Waals surface area (Å²) in [7, 11) is 0. The van der Waals surface area contributed by atoms with Crippen LogP contribution in [0, 0.1) is 16.0 Å². The summed E-state index contributed by atoms with van der Waals surface area (Å²) in [6.07, 6.45) is 8.23. The molecule has 0 bridgehead atoms. The lowest BCUT2D eigenvalue weighted by Gasteiger charge is -2.31. The van der Waals surface area contributed by atoms with Crippen LogP contribution in [0.1, 0.15) is 49.8 Å². The third-order valence-corrected chi connectivity index (χ3v) is 7.31. The highest BCUT2D eigenvalue weighted by molar-refractivity contribution is 7.98. The highest BCUT2D eigenvalue weighted by Gasteiger charge is 2.29. The number of nitrogens with zero attached hydrogens (tertiary/aromatic N) is 5. The van der Waals surface area contributed by atoms with Gasteiger partial charge in [-0.05, 0) is 30.9 Å². The number of fused-ring (bicyclic) bond motifs is 1. The standard InChI is InChI=1S/C23H25N5O4S/c1-15-5-2-3-7-20(15)27-22(16-6-4-8-24-11-16)25-26-23(27)33-13-18-10-19(28(29)30)9-17-12-31-14-32-21(17)18/h4,6,8-11,15,20H,2-3,5,7,12-14H2,1H3/t15-,20+/m1/s1. The smallest absolute Gasteiger partial charge is 0.270 e. The van der Waals surface area contributed by atoms with Gasteiger partial charge in [-0.1, -0.05) is 31.5 Å². The Bertz CT molecular complexity index is 1150. The summed E-state index contributed by atoms with van der Waals surface area (Å²) in [5, 5.41) is 21.3. The molecule has 1 saturated carbocycles. The minimum atomic E-state index is -0.379. The van der Waals surface area contributed by atoms with Crippen LogP contribution in [0.2, 0.25) is 0 Å². The quantitative estimate of drug-likeness (QED) is 0.278. The zero-order valence-electron chi connectivity index (χ0n) is 18.3. The highest BCUT2D eigenvalue weighted by Crippen LogP contribution is 2.41. The van der Waals surface area contributed by atoms with Gasteiger partial charge in [0.25, 0.3) is 5.69 Å². The van der Waals surface area contributed by atoms with E-state index in [-0.39, 0.29) is 17.4 Å². The normalized spacial score (nSPS) is 20.2. The molecule has 1 aliphatic carbocycles. The number of hydrogen-bond donors (Lipinski definition) is 0. The van der Waals surface area contributed by atoms with E-state index in [1.165, 1.54) is 37.1 Å². The van der Waals surface area contributed by atoms with Crippen molar-refractivity contribution >= 4 is 17.4 Å². The number of pyridine rings is 1. The van der Waals surface area contributed by atoms with Crippen molar-refractivity contribution in [2.45, 2.75) is 56.2 Å². The van der Waals surface area contributed by atoms with Crippen molar-refractivity contribution in [1.82, 2.24) is 19.7 Å². The maximum Gasteiger partial charge on any atom is 0.270 e. The molecule has 3 heterocycles. The Morgan fingerprint density at radius 3 is 2.94 bits per heavy atom. The van der Waals surface area contributed by atoms with E-state index in [4.69, 9.17) is 9.47 Å². The summed E-state index contributed by atoms with van der Waals surface area (Å²) in [6.45, 7) is 2.73. The van der Waals surface area contributed by atoms with Crippen LogP contribution < -0.4 is 4.74 Å². The molecule has 0 spiro atoms. The lowest BCUT2D eigenvalue weighted by atomic mass is 9.85. The van der Waals surface area contributed by atoms with Gasteiger partial charge in [0.05, 0.1) is 11.5 Å². The van der Waals surface area contributed by atoms with E-state index in [0.29, 0.717) is 35.6 Å². The molecule has 3 aromatic rings. The summed E-state index contributed by atoms with van der Waals surface area (Å²) in [5.41, 5.74) is 2.44. The lowest BCUT2D eigenvalue weighted by Crippen LogP contribution is -2.22. The van der Waals surface area contributed by atoms with Crippen molar-refractivity contribution in [3.8, 4) is 17.1 Å². The first-order valence-electron chi connectivity index (χ1n) is 11.1. The van der Waals surface area contributed by atoms with E-state index in [9.17, 15) is 10.1 Å². The first-order valence-corrected chi connectivity index (χ1v) is 12.1. The van der Waals surface area contributed by atoms with Gasteiger partial charge in [0.15, 0.2) is 17.8 Å². The van der Waals surface area contributed by atoms with E-state index >= 15 is 0 Å². The van der Waals surface area contributed by atoms with Crippen molar-refractivity contribution in [3.63, 3.8) is 0 Å². The van der Waals surface area contributed by atoms with Gasteiger partial charge in [-0.15, -0.1) is 10.2 Å². The maximum absolute atomic E-state index is 11.5. The zero-order valence-corrected chi connectivity index (χ0v) is 19.2. The predicted octanol–water partition coefficient (Wildman–Crippen LogP) is 5.16. The fraction of sp³-hybridized carbons (Fsp3) is 0.435. The third kappa shape index (κ3) is 4.45. The van der Waals surface area contributed by atoms with Crippen molar-refractivity contribution < 1.29 is 14.4 Å². The Labute approximate surface area is 195 Å². The molecule has 1 aliphatic heterocycles. The molecule has 172 valence electrons. The molecule has 2 aliphatic rings.